The fraction of sp³-hybridized carbons (Fsp3) is 0.467. The summed E-state index contributed by atoms with van der Waals surface area (Å²) in [5.41, 5.74) is 0.718. The number of aromatic carboxylic acids is 1. The zero-order valence-electron chi connectivity index (χ0n) is 10.9. The number of halogens is 1. The molecule has 20 heavy (non-hydrogen) atoms. The van der Waals surface area contributed by atoms with Gasteiger partial charge in [-0.25, -0.2) is 4.79 Å². The minimum Gasteiger partial charge on any atom is -0.478 e. The summed E-state index contributed by atoms with van der Waals surface area (Å²) in [5.74, 6) is 0.277. The van der Waals surface area contributed by atoms with Crippen LogP contribution in [-0.2, 0) is 4.79 Å². The molecule has 2 unspecified atom stereocenters. The van der Waals surface area contributed by atoms with Crippen LogP contribution in [0.25, 0.3) is 0 Å². The Balaban J connectivity index is 1.70. The Hall–Kier alpha value is -1.36. The lowest BCUT2D eigenvalue weighted by molar-refractivity contribution is -0.117. The molecule has 0 aliphatic heterocycles. The van der Waals surface area contributed by atoms with Crippen molar-refractivity contribution >= 4 is 33.5 Å². The predicted molar refractivity (Wildman–Crippen MR) is 78.7 cm³/mol. The van der Waals surface area contributed by atoms with Gasteiger partial charge in [0.2, 0.25) is 5.91 Å². The van der Waals surface area contributed by atoms with E-state index in [9.17, 15) is 9.59 Å². The molecular formula is C15H16BrNO3. The normalized spacial score (nSPS) is 27.6. The first kappa shape index (κ1) is 13.6. The Labute approximate surface area is 125 Å². The molecule has 1 aromatic carbocycles. The molecule has 2 aliphatic rings. The molecule has 4 nitrogen and oxygen atoms in total. The van der Waals surface area contributed by atoms with E-state index in [0.29, 0.717) is 22.0 Å². The van der Waals surface area contributed by atoms with Gasteiger partial charge in [-0.05, 0) is 58.8 Å². The average Bonchev–Trinajstić information content (AvgIpc) is 3.15. The molecule has 0 aromatic heterocycles. The van der Waals surface area contributed by atoms with Gasteiger partial charge in [0.05, 0.1) is 5.56 Å². The maximum Gasteiger partial charge on any atom is 0.336 e. The number of hydrogen-bond acceptors (Lipinski definition) is 2. The molecule has 2 fully saturated rings. The molecule has 1 amide bonds. The molecule has 1 aromatic rings. The lowest BCUT2D eigenvalue weighted by atomic mass is 10.0. The molecule has 5 heteroatoms. The van der Waals surface area contributed by atoms with Crippen LogP contribution in [0, 0.1) is 17.8 Å². The maximum atomic E-state index is 12.2. The van der Waals surface area contributed by atoms with Crippen LogP contribution in [0.4, 0.5) is 5.69 Å². The first-order chi connectivity index (χ1) is 9.58. The summed E-state index contributed by atoms with van der Waals surface area (Å²) in [7, 11) is 0. The first-order valence-corrected chi connectivity index (χ1v) is 7.71. The van der Waals surface area contributed by atoms with Gasteiger partial charge in [-0.2, -0.15) is 0 Å². The number of fused-ring (bicyclic) bond motifs is 1. The summed E-state index contributed by atoms with van der Waals surface area (Å²) in [6.07, 6.45) is 4.77. The Morgan fingerprint density at radius 3 is 2.45 bits per heavy atom. The molecule has 0 saturated heterocycles. The summed E-state index contributed by atoms with van der Waals surface area (Å²) < 4.78 is 0.517. The number of nitrogens with one attached hydrogen (secondary N) is 1. The van der Waals surface area contributed by atoms with Crippen molar-refractivity contribution in [3.05, 3.63) is 28.2 Å². The number of carboxylic acid groups (broad SMARTS) is 1. The third-order valence-electron chi connectivity index (χ3n) is 4.42. The second-order valence-electron chi connectivity index (χ2n) is 5.63. The predicted octanol–water partition coefficient (Wildman–Crippen LogP) is 3.52. The van der Waals surface area contributed by atoms with E-state index in [4.69, 9.17) is 5.11 Å². The zero-order valence-corrected chi connectivity index (χ0v) is 12.5. The van der Waals surface area contributed by atoms with E-state index in [-0.39, 0.29) is 17.4 Å². The van der Waals surface area contributed by atoms with Crippen LogP contribution in [-0.4, -0.2) is 17.0 Å². The van der Waals surface area contributed by atoms with Gasteiger partial charge in [-0.3, -0.25) is 4.79 Å². The number of carbonyl (C=O) groups excluding carboxylic acids is 1. The van der Waals surface area contributed by atoms with Gasteiger partial charge in [0.1, 0.15) is 0 Å². The highest BCUT2D eigenvalue weighted by Gasteiger charge is 2.54. The fourth-order valence-corrected chi connectivity index (χ4v) is 3.79. The van der Waals surface area contributed by atoms with Crippen LogP contribution >= 0.6 is 15.9 Å². The zero-order chi connectivity index (χ0) is 14.3. The van der Waals surface area contributed by atoms with Crippen LogP contribution in [0.5, 0.6) is 0 Å². The highest BCUT2D eigenvalue weighted by atomic mass is 79.9. The number of carbonyl (C=O) groups is 2. The quantitative estimate of drug-likeness (QED) is 0.886. The minimum absolute atomic E-state index is 0.0422. The lowest BCUT2D eigenvalue weighted by Crippen LogP contribution is -2.16. The van der Waals surface area contributed by atoms with E-state index < -0.39 is 5.97 Å². The van der Waals surface area contributed by atoms with E-state index in [2.05, 4.69) is 21.2 Å². The molecule has 3 rings (SSSR count). The second kappa shape index (κ2) is 5.20. The topological polar surface area (TPSA) is 66.4 Å². The molecular weight excluding hydrogens is 322 g/mol. The van der Waals surface area contributed by atoms with Crippen LogP contribution in [0.15, 0.2) is 22.7 Å². The first-order valence-electron chi connectivity index (χ1n) is 6.91. The number of rotatable bonds is 3. The van der Waals surface area contributed by atoms with Crippen molar-refractivity contribution < 1.29 is 14.7 Å². The molecule has 0 spiro atoms. The molecule has 2 aliphatic carbocycles. The number of amides is 1. The molecule has 0 radical (unpaired) electrons. The van der Waals surface area contributed by atoms with Gasteiger partial charge in [0.25, 0.3) is 0 Å². The second-order valence-corrected chi connectivity index (χ2v) is 6.48. The van der Waals surface area contributed by atoms with E-state index in [1.54, 1.807) is 12.1 Å². The number of benzene rings is 1. The Kier molecular flexibility index (Phi) is 3.54. The smallest absolute Gasteiger partial charge is 0.336 e. The van der Waals surface area contributed by atoms with E-state index >= 15 is 0 Å². The van der Waals surface area contributed by atoms with Crippen molar-refractivity contribution in [1.82, 2.24) is 0 Å². The van der Waals surface area contributed by atoms with Gasteiger partial charge >= 0.3 is 5.97 Å². The highest BCUT2D eigenvalue weighted by molar-refractivity contribution is 9.10. The largest absolute Gasteiger partial charge is 0.478 e. The van der Waals surface area contributed by atoms with Gasteiger partial charge in [-0.15, -0.1) is 0 Å². The van der Waals surface area contributed by atoms with E-state index in [1.165, 1.54) is 18.9 Å². The molecule has 2 N–H and O–H groups in total. The molecule has 0 heterocycles. The number of anilines is 1. The molecule has 106 valence electrons. The van der Waals surface area contributed by atoms with Gasteiger partial charge in [0.15, 0.2) is 0 Å². The standard InChI is InChI=1S/C15H16BrNO3/c16-12-6-5-8(7-11(12)15(19)20)17-14(18)13-9-3-1-2-4-10(9)13/h5-7,9-10,13H,1-4H2,(H,17,18)(H,19,20). The third-order valence-corrected chi connectivity index (χ3v) is 5.12. The fourth-order valence-electron chi connectivity index (χ4n) is 3.37. The molecule has 2 atom stereocenters. The highest BCUT2D eigenvalue weighted by Crippen LogP contribution is 2.55. The van der Waals surface area contributed by atoms with E-state index in [0.717, 1.165) is 12.8 Å². The maximum absolute atomic E-state index is 12.2. The average molecular weight is 338 g/mol. The van der Waals surface area contributed by atoms with Crippen LogP contribution < -0.4 is 5.32 Å². The summed E-state index contributed by atoms with van der Waals surface area (Å²) in [5, 5.41) is 11.9. The van der Waals surface area contributed by atoms with Gasteiger partial charge < -0.3 is 10.4 Å². The lowest BCUT2D eigenvalue weighted by Gasteiger charge is -2.07. The van der Waals surface area contributed by atoms with Crippen molar-refractivity contribution in [2.45, 2.75) is 25.7 Å². The van der Waals surface area contributed by atoms with E-state index in [1.807, 2.05) is 0 Å². The molecule has 0 bridgehead atoms. The summed E-state index contributed by atoms with van der Waals surface area (Å²) in [6.45, 7) is 0. The SMILES string of the molecule is O=C(O)c1cc(NC(=O)C2C3CCCCC32)ccc1Br. The monoisotopic (exact) mass is 337 g/mol. The number of carboxylic acids is 1. The van der Waals surface area contributed by atoms with Crippen molar-refractivity contribution in [1.29, 1.82) is 0 Å². The van der Waals surface area contributed by atoms with Gasteiger partial charge in [-0.1, -0.05) is 12.8 Å². The van der Waals surface area contributed by atoms with Crippen molar-refractivity contribution in [3.63, 3.8) is 0 Å². The van der Waals surface area contributed by atoms with Crippen molar-refractivity contribution in [3.8, 4) is 0 Å². The minimum atomic E-state index is -1.01. The Morgan fingerprint density at radius 2 is 1.85 bits per heavy atom. The summed E-state index contributed by atoms with van der Waals surface area (Å²) >= 11 is 3.19. The third kappa shape index (κ3) is 2.46. The van der Waals surface area contributed by atoms with Crippen LogP contribution in [0.1, 0.15) is 36.0 Å². The van der Waals surface area contributed by atoms with Crippen LogP contribution in [0.3, 0.4) is 0 Å². The van der Waals surface area contributed by atoms with Crippen LogP contribution in [0.2, 0.25) is 0 Å². The Morgan fingerprint density at radius 1 is 1.20 bits per heavy atom. The van der Waals surface area contributed by atoms with Crippen molar-refractivity contribution in [2.75, 3.05) is 5.32 Å². The summed E-state index contributed by atoms with van der Waals surface area (Å²) in [4.78, 5) is 23.3. The number of hydrogen-bond donors (Lipinski definition) is 2. The van der Waals surface area contributed by atoms with Gasteiger partial charge in [0, 0.05) is 16.1 Å². The Bertz CT molecular complexity index is 560. The summed E-state index contributed by atoms with van der Waals surface area (Å²) in [6, 6.07) is 4.87. The molecule has 2 saturated carbocycles. The van der Waals surface area contributed by atoms with Crippen molar-refractivity contribution in [2.24, 2.45) is 17.8 Å².